The topological polar surface area (TPSA) is 87.0 Å². The second-order valence-corrected chi connectivity index (χ2v) is 10.2. The van der Waals surface area contributed by atoms with Crippen molar-refractivity contribution < 1.29 is 13.3 Å². The van der Waals surface area contributed by atoms with Crippen molar-refractivity contribution in [1.82, 2.24) is 9.21 Å². The quantitative estimate of drug-likeness (QED) is 0.573. The molecule has 0 unspecified atom stereocenters. The van der Waals surface area contributed by atoms with Gasteiger partial charge >= 0.3 is 0 Å². The van der Waals surface area contributed by atoms with Gasteiger partial charge in [0.15, 0.2) is 0 Å². The number of sulfonamides is 1. The summed E-state index contributed by atoms with van der Waals surface area (Å²) in [6.45, 7) is 7.87. The molecule has 0 aromatic heterocycles. The van der Waals surface area contributed by atoms with Crippen LogP contribution in [0.1, 0.15) is 26.7 Å². The summed E-state index contributed by atoms with van der Waals surface area (Å²) < 4.78 is 27.3. The van der Waals surface area contributed by atoms with Crippen LogP contribution >= 0.6 is 0 Å². The summed E-state index contributed by atoms with van der Waals surface area (Å²) >= 11 is 0. The van der Waals surface area contributed by atoms with Gasteiger partial charge in [-0.1, -0.05) is 13.8 Å². The molecule has 2 fully saturated rings. The Kier molecular flexibility index (Phi) is 5.47. The van der Waals surface area contributed by atoms with Crippen molar-refractivity contribution in [3.63, 3.8) is 0 Å². The van der Waals surface area contributed by atoms with Gasteiger partial charge in [-0.15, -0.1) is 0 Å². The number of piperidine rings is 1. The molecule has 27 heavy (non-hydrogen) atoms. The fourth-order valence-electron chi connectivity index (χ4n) is 3.88. The monoisotopic (exact) mass is 396 g/mol. The van der Waals surface area contributed by atoms with Gasteiger partial charge in [0.05, 0.1) is 9.82 Å². The average molecular weight is 397 g/mol. The SMILES string of the molecule is CN1CCN(S(=O)(=O)c2ccc(N3CCCC(C)(C)C3)c([N+](=O)[O-])c2)CC1. The number of nitro groups is 1. The normalized spacial score (nSPS) is 22.0. The second-order valence-electron chi connectivity index (χ2n) is 8.30. The molecule has 1 aromatic carbocycles. The lowest BCUT2D eigenvalue weighted by molar-refractivity contribution is -0.384. The highest BCUT2D eigenvalue weighted by molar-refractivity contribution is 7.89. The standard InChI is InChI=1S/C18H28N4O4S/c1-18(2)7-4-8-20(14-18)16-6-5-15(13-17(16)22(23)24)27(25,26)21-11-9-19(3)10-12-21/h5-6,13H,4,7-12,14H2,1-3H3. The minimum absolute atomic E-state index is 0.00114. The molecule has 8 nitrogen and oxygen atoms in total. The molecular weight excluding hydrogens is 368 g/mol. The zero-order valence-electron chi connectivity index (χ0n) is 16.2. The summed E-state index contributed by atoms with van der Waals surface area (Å²) in [5.41, 5.74) is 0.449. The Balaban J connectivity index is 1.93. The Hall–Kier alpha value is -1.71. The third-order valence-electron chi connectivity index (χ3n) is 5.48. The van der Waals surface area contributed by atoms with Crippen molar-refractivity contribution >= 4 is 21.4 Å². The molecule has 0 saturated carbocycles. The van der Waals surface area contributed by atoms with Crippen LogP contribution in [0.3, 0.4) is 0 Å². The van der Waals surface area contributed by atoms with Crippen molar-refractivity contribution in [2.75, 3.05) is 51.2 Å². The Morgan fingerprint density at radius 3 is 2.37 bits per heavy atom. The second kappa shape index (κ2) is 7.37. The summed E-state index contributed by atoms with van der Waals surface area (Å²) in [5.74, 6) is 0. The molecule has 0 radical (unpaired) electrons. The van der Waals surface area contributed by atoms with Crippen LogP contribution in [0.2, 0.25) is 0 Å². The van der Waals surface area contributed by atoms with E-state index in [1.807, 2.05) is 11.9 Å². The number of nitro benzene ring substituents is 1. The van der Waals surface area contributed by atoms with Crippen molar-refractivity contribution in [3.8, 4) is 0 Å². The highest BCUT2D eigenvalue weighted by Crippen LogP contribution is 2.37. The maximum atomic E-state index is 12.9. The number of hydrogen-bond acceptors (Lipinski definition) is 6. The van der Waals surface area contributed by atoms with Gasteiger partial charge in [-0.3, -0.25) is 10.1 Å². The van der Waals surface area contributed by atoms with Crippen LogP contribution in [-0.4, -0.2) is 68.9 Å². The Morgan fingerprint density at radius 2 is 1.78 bits per heavy atom. The van der Waals surface area contributed by atoms with E-state index in [9.17, 15) is 18.5 Å². The van der Waals surface area contributed by atoms with E-state index < -0.39 is 14.9 Å². The Morgan fingerprint density at radius 1 is 1.11 bits per heavy atom. The maximum Gasteiger partial charge on any atom is 0.293 e. The fraction of sp³-hybridized carbons (Fsp3) is 0.667. The molecule has 0 N–H and O–H groups in total. The van der Waals surface area contributed by atoms with Gasteiger partial charge < -0.3 is 9.80 Å². The van der Waals surface area contributed by atoms with E-state index in [1.165, 1.54) is 16.4 Å². The number of likely N-dealkylation sites (N-methyl/N-ethyl adjacent to an activating group) is 1. The summed E-state index contributed by atoms with van der Waals surface area (Å²) in [6.07, 6.45) is 2.04. The largest absolute Gasteiger partial charge is 0.365 e. The van der Waals surface area contributed by atoms with Gasteiger partial charge in [0.2, 0.25) is 10.0 Å². The first-order valence-corrected chi connectivity index (χ1v) is 10.8. The number of piperazine rings is 1. The summed E-state index contributed by atoms with van der Waals surface area (Å²) in [4.78, 5) is 15.3. The lowest BCUT2D eigenvalue weighted by Gasteiger charge is -2.39. The predicted octanol–water partition coefficient (Wildman–Crippen LogP) is 2.16. The Labute approximate surface area is 160 Å². The van der Waals surface area contributed by atoms with Gasteiger partial charge in [0.1, 0.15) is 5.69 Å². The fourth-order valence-corrected chi connectivity index (χ4v) is 5.33. The van der Waals surface area contributed by atoms with E-state index in [4.69, 9.17) is 0 Å². The summed E-state index contributed by atoms with van der Waals surface area (Å²) in [7, 11) is -1.78. The van der Waals surface area contributed by atoms with Crippen molar-refractivity contribution in [2.24, 2.45) is 5.41 Å². The Bertz CT molecular complexity index is 817. The molecule has 9 heteroatoms. The lowest BCUT2D eigenvalue weighted by atomic mass is 9.84. The molecule has 150 valence electrons. The van der Waals surface area contributed by atoms with Crippen molar-refractivity contribution in [1.29, 1.82) is 0 Å². The molecule has 2 heterocycles. The third-order valence-corrected chi connectivity index (χ3v) is 7.38. The van der Waals surface area contributed by atoms with Crippen LogP contribution in [0.25, 0.3) is 0 Å². The first kappa shape index (κ1) is 20.0. The lowest BCUT2D eigenvalue weighted by Crippen LogP contribution is -2.47. The number of anilines is 1. The van der Waals surface area contributed by atoms with Crippen molar-refractivity contribution in [3.05, 3.63) is 28.3 Å². The number of benzene rings is 1. The van der Waals surface area contributed by atoms with E-state index in [-0.39, 0.29) is 16.0 Å². The highest BCUT2D eigenvalue weighted by Gasteiger charge is 2.33. The zero-order valence-corrected chi connectivity index (χ0v) is 17.0. The average Bonchev–Trinajstić information content (AvgIpc) is 2.60. The minimum atomic E-state index is -3.73. The molecule has 2 saturated heterocycles. The van der Waals surface area contributed by atoms with Crippen LogP contribution < -0.4 is 4.90 Å². The highest BCUT2D eigenvalue weighted by atomic mass is 32.2. The molecule has 0 aliphatic carbocycles. The number of hydrogen-bond donors (Lipinski definition) is 0. The van der Waals surface area contributed by atoms with Crippen LogP contribution in [0.4, 0.5) is 11.4 Å². The van der Waals surface area contributed by atoms with Gasteiger partial charge in [0, 0.05) is 45.3 Å². The first-order chi connectivity index (χ1) is 12.6. The maximum absolute atomic E-state index is 12.9. The molecule has 0 amide bonds. The number of rotatable bonds is 4. The van der Waals surface area contributed by atoms with Gasteiger partial charge in [-0.25, -0.2) is 8.42 Å². The molecular formula is C18H28N4O4S. The minimum Gasteiger partial charge on any atom is -0.365 e. The molecule has 0 spiro atoms. The molecule has 0 bridgehead atoms. The zero-order chi connectivity index (χ0) is 19.8. The van der Waals surface area contributed by atoms with Crippen molar-refractivity contribution in [2.45, 2.75) is 31.6 Å². The molecule has 2 aliphatic rings. The van der Waals surface area contributed by atoms with E-state index in [2.05, 4.69) is 18.7 Å². The van der Waals surface area contributed by atoms with E-state index in [0.29, 0.717) is 31.9 Å². The smallest absolute Gasteiger partial charge is 0.293 e. The molecule has 3 rings (SSSR count). The predicted molar refractivity (Wildman–Crippen MR) is 105 cm³/mol. The van der Waals surface area contributed by atoms with E-state index >= 15 is 0 Å². The third kappa shape index (κ3) is 4.25. The van der Waals surface area contributed by atoms with Crippen LogP contribution in [-0.2, 0) is 10.0 Å². The molecule has 1 aromatic rings. The van der Waals surface area contributed by atoms with Gasteiger partial charge in [-0.05, 0) is 37.4 Å². The number of nitrogens with zero attached hydrogens (tertiary/aromatic N) is 4. The van der Waals surface area contributed by atoms with Gasteiger partial charge in [-0.2, -0.15) is 4.31 Å². The first-order valence-electron chi connectivity index (χ1n) is 9.32. The van der Waals surface area contributed by atoms with E-state index in [1.54, 1.807) is 6.07 Å². The summed E-state index contributed by atoms with van der Waals surface area (Å²) in [5, 5.41) is 11.7. The summed E-state index contributed by atoms with van der Waals surface area (Å²) in [6, 6.07) is 4.34. The van der Waals surface area contributed by atoms with Gasteiger partial charge in [0.25, 0.3) is 5.69 Å². The van der Waals surface area contributed by atoms with Crippen LogP contribution in [0, 0.1) is 15.5 Å². The van der Waals surface area contributed by atoms with E-state index in [0.717, 1.165) is 25.9 Å². The van der Waals surface area contributed by atoms with Crippen LogP contribution in [0.15, 0.2) is 23.1 Å². The molecule has 2 aliphatic heterocycles. The van der Waals surface area contributed by atoms with Crippen LogP contribution in [0.5, 0.6) is 0 Å². The molecule has 0 atom stereocenters.